The molecule has 4 rings (SSSR count). The molecule has 166 valence electrons. The van der Waals surface area contributed by atoms with E-state index in [2.05, 4.69) is 0 Å². The van der Waals surface area contributed by atoms with Gasteiger partial charge in [-0.05, 0) is 12.1 Å². The Balaban J connectivity index is 2.02. The average Bonchev–Trinajstić information content (AvgIpc) is 3.22. The number of aliphatic carboxylic acids is 1. The summed E-state index contributed by atoms with van der Waals surface area (Å²) in [7, 11) is 4.31. The molecule has 2 aliphatic heterocycles. The molecule has 10 nitrogen and oxygen atoms in total. The van der Waals surface area contributed by atoms with E-state index in [-0.39, 0.29) is 24.0 Å². The second kappa shape index (κ2) is 7.71. The molecule has 0 aliphatic carbocycles. The van der Waals surface area contributed by atoms with Crippen LogP contribution in [0.3, 0.4) is 0 Å². The maximum atomic E-state index is 12.3. The zero-order chi connectivity index (χ0) is 22.3. The number of carboxylic acids is 1. The van der Waals surface area contributed by atoms with Crippen molar-refractivity contribution in [1.82, 2.24) is 0 Å². The van der Waals surface area contributed by atoms with Gasteiger partial charge in [0.25, 0.3) is 0 Å². The van der Waals surface area contributed by atoms with Gasteiger partial charge in [0.15, 0.2) is 23.0 Å². The predicted octanol–water partition coefficient (Wildman–Crippen LogP) is 1.35. The van der Waals surface area contributed by atoms with E-state index < -0.39 is 30.2 Å². The Hall–Kier alpha value is -3.37. The van der Waals surface area contributed by atoms with E-state index in [1.54, 1.807) is 18.2 Å². The molecule has 2 aromatic rings. The van der Waals surface area contributed by atoms with E-state index in [1.165, 1.54) is 27.4 Å². The SMILES string of the molecule is COc1ccc([C@H]2c3cc4c(cc3O[C@@](O)(CO)[C@@H]2C(=O)O)OCO4)c(OC)c1OC. The fourth-order valence-electron chi connectivity index (χ4n) is 4.15. The van der Waals surface area contributed by atoms with Crippen LogP contribution < -0.4 is 28.4 Å². The van der Waals surface area contributed by atoms with Gasteiger partial charge in [-0.15, -0.1) is 0 Å². The number of rotatable bonds is 6. The third-order valence-corrected chi connectivity index (χ3v) is 5.51. The highest BCUT2D eigenvalue weighted by Crippen LogP contribution is 2.55. The first-order chi connectivity index (χ1) is 14.9. The predicted molar refractivity (Wildman–Crippen MR) is 104 cm³/mol. The van der Waals surface area contributed by atoms with Gasteiger partial charge in [-0.25, -0.2) is 0 Å². The molecular weight excluding hydrogens is 412 g/mol. The molecule has 0 bridgehead atoms. The summed E-state index contributed by atoms with van der Waals surface area (Å²) >= 11 is 0. The summed E-state index contributed by atoms with van der Waals surface area (Å²) in [6.07, 6.45) is 0. The van der Waals surface area contributed by atoms with E-state index in [4.69, 9.17) is 28.4 Å². The molecule has 3 N–H and O–H groups in total. The molecule has 0 aromatic heterocycles. The fraction of sp³-hybridized carbons (Fsp3) is 0.381. The van der Waals surface area contributed by atoms with Crippen molar-refractivity contribution in [2.75, 3.05) is 34.7 Å². The van der Waals surface area contributed by atoms with Gasteiger partial charge in [0.2, 0.25) is 18.3 Å². The summed E-state index contributed by atoms with van der Waals surface area (Å²) in [5.74, 6) is -4.56. The van der Waals surface area contributed by atoms with Crippen LogP contribution in [0.1, 0.15) is 17.0 Å². The number of aliphatic hydroxyl groups excluding tert-OH is 1. The highest BCUT2D eigenvalue weighted by Gasteiger charge is 2.55. The van der Waals surface area contributed by atoms with Crippen molar-refractivity contribution >= 4 is 5.97 Å². The summed E-state index contributed by atoms with van der Waals surface area (Å²) in [5.41, 5.74) is 0.808. The minimum atomic E-state index is -2.41. The van der Waals surface area contributed by atoms with Gasteiger partial charge in [0.05, 0.1) is 21.3 Å². The van der Waals surface area contributed by atoms with Crippen molar-refractivity contribution in [1.29, 1.82) is 0 Å². The molecule has 0 fully saturated rings. The molecule has 2 aromatic carbocycles. The van der Waals surface area contributed by atoms with E-state index >= 15 is 0 Å². The van der Waals surface area contributed by atoms with Crippen LogP contribution in [-0.2, 0) is 4.79 Å². The van der Waals surface area contributed by atoms with Gasteiger partial charge in [-0.3, -0.25) is 4.79 Å². The van der Waals surface area contributed by atoms with Gasteiger partial charge in [0, 0.05) is 23.1 Å². The van der Waals surface area contributed by atoms with Crippen LogP contribution >= 0.6 is 0 Å². The first-order valence-electron chi connectivity index (χ1n) is 9.36. The zero-order valence-electron chi connectivity index (χ0n) is 17.1. The van der Waals surface area contributed by atoms with Crippen molar-refractivity contribution in [2.45, 2.75) is 11.7 Å². The summed E-state index contributed by atoms with van der Waals surface area (Å²) in [6, 6.07) is 6.33. The maximum absolute atomic E-state index is 12.3. The lowest BCUT2D eigenvalue weighted by Gasteiger charge is -2.42. The smallest absolute Gasteiger partial charge is 0.314 e. The van der Waals surface area contributed by atoms with Gasteiger partial charge < -0.3 is 43.7 Å². The monoisotopic (exact) mass is 434 g/mol. The quantitative estimate of drug-likeness (QED) is 0.612. The molecule has 0 amide bonds. The number of carbonyl (C=O) groups is 1. The molecule has 0 spiro atoms. The molecule has 0 radical (unpaired) electrons. The molecule has 2 aliphatic rings. The van der Waals surface area contributed by atoms with Gasteiger partial charge >= 0.3 is 5.97 Å². The number of benzene rings is 2. The van der Waals surface area contributed by atoms with Crippen LogP contribution in [0.25, 0.3) is 0 Å². The Morgan fingerprint density at radius 1 is 1.03 bits per heavy atom. The molecular formula is C21H22O10. The second-order valence-electron chi connectivity index (χ2n) is 7.07. The highest BCUT2D eigenvalue weighted by molar-refractivity contribution is 5.77. The first kappa shape index (κ1) is 20.9. The largest absolute Gasteiger partial charge is 0.493 e. The number of hydrogen-bond acceptors (Lipinski definition) is 9. The lowest BCUT2D eigenvalue weighted by molar-refractivity contribution is -0.220. The van der Waals surface area contributed by atoms with E-state index in [0.717, 1.165) is 0 Å². The number of aliphatic hydroxyl groups is 2. The highest BCUT2D eigenvalue weighted by atomic mass is 16.7. The van der Waals surface area contributed by atoms with Crippen LogP contribution in [0.15, 0.2) is 24.3 Å². The van der Waals surface area contributed by atoms with Gasteiger partial charge in [-0.2, -0.15) is 0 Å². The van der Waals surface area contributed by atoms with Crippen molar-refractivity contribution in [3.8, 4) is 34.5 Å². The second-order valence-corrected chi connectivity index (χ2v) is 7.07. The summed E-state index contributed by atoms with van der Waals surface area (Å²) in [4.78, 5) is 12.3. The minimum absolute atomic E-state index is 0.00476. The Bertz CT molecular complexity index is 1020. The molecule has 0 unspecified atom stereocenters. The molecule has 31 heavy (non-hydrogen) atoms. The number of carboxylic acid groups (broad SMARTS) is 1. The molecule has 10 heteroatoms. The van der Waals surface area contributed by atoms with Gasteiger partial charge in [-0.1, -0.05) is 6.07 Å². The standard InChI is InChI=1S/C21H22O10/c1-26-12-5-4-10(18(27-2)19(12)28-3)16-11-6-14-15(30-9-29-14)7-13(11)31-21(25,8-22)17(16)20(23)24/h4-7,16-17,22,25H,8-9H2,1-3H3,(H,23,24)/t16-,17-,21-/m0/s1. The van der Waals surface area contributed by atoms with Crippen molar-refractivity contribution in [3.05, 3.63) is 35.4 Å². The molecule has 2 heterocycles. The average molecular weight is 434 g/mol. The Kier molecular flexibility index (Phi) is 5.19. The van der Waals surface area contributed by atoms with Gasteiger partial charge in [0.1, 0.15) is 18.3 Å². The van der Waals surface area contributed by atoms with Crippen molar-refractivity contribution < 1.29 is 48.5 Å². The van der Waals surface area contributed by atoms with Crippen LogP contribution in [0.4, 0.5) is 0 Å². The zero-order valence-corrected chi connectivity index (χ0v) is 17.1. The maximum Gasteiger partial charge on any atom is 0.314 e. The van der Waals surface area contributed by atoms with Crippen molar-refractivity contribution in [3.63, 3.8) is 0 Å². The lowest BCUT2D eigenvalue weighted by atomic mass is 9.73. The van der Waals surface area contributed by atoms with E-state index in [1.807, 2.05) is 0 Å². The van der Waals surface area contributed by atoms with Crippen LogP contribution in [0.5, 0.6) is 34.5 Å². The molecule has 0 saturated carbocycles. The Morgan fingerprint density at radius 3 is 2.29 bits per heavy atom. The third-order valence-electron chi connectivity index (χ3n) is 5.51. The number of ether oxygens (including phenoxy) is 6. The number of fused-ring (bicyclic) bond motifs is 2. The normalized spacial score (nSPS) is 23.5. The lowest BCUT2D eigenvalue weighted by Crippen LogP contribution is -2.55. The summed E-state index contributed by atoms with van der Waals surface area (Å²) < 4.78 is 32.7. The topological polar surface area (TPSA) is 133 Å². The van der Waals surface area contributed by atoms with E-state index in [0.29, 0.717) is 28.4 Å². The number of hydrogen-bond donors (Lipinski definition) is 3. The van der Waals surface area contributed by atoms with E-state index in [9.17, 15) is 20.1 Å². The fourth-order valence-corrected chi connectivity index (χ4v) is 4.15. The Morgan fingerprint density at radius 2 is 1.71 bits per heavy atom. The Labute approximate surface area is 177 Å². The first-order valence-corrected chi connectivity index (χ1v) is 9.36. The third kappa shape index (κ3) is 3.15. The van der Waals surface area contributed by atoms with Crippen molar-refractivity contribution in [2.24, 2.45) is 5.92 Å². The number of methoxy groups -OCH3 is 3. The van der Waals surface area contributed by atoms with Crippen LogP contribution in [-0.4, -0.2) is 61.8 Å². The minimum Gasteiger partial charge on any atom is -0.493 e. The van der Waals surface area contributed by atoms with Crippen LogP contribution in [0.2, 0.25) is 0 Å². The van der Waals surface area contributed by atoms with Crippen LogP contribution in [0, 0.1) is 5.92 Å². The molecule has 0 saturated heterocycles. The molecule has 3 atom stereocenters. The summed E-state index contributed by atoms with van der Waals surface area (Å²) in [6.45, 7) is -0.959. The summed E-state index contributed by atoms with van der Waals surface area (Å²) in [5, 5.41) is 30.9.